The maximum atomic E-state index is 12.8. The molecule has 0 radical (unpaired) electrons. The van der Waals surface area contributed by atoms with E-state index in [9.17, 15) is 14.7 Å². The van der Waals surface area contributed by atoms with Gasteiger partial charge in [-0.1, -0.05) is 48.5 Å². The number of carboxylic acids is 1. The van der Waals surface area contributed by atoms with Crippen LogP contribution in [0.1, 0.15) is 12.8 Å². The van der Waals surface area contributed by atoms with Crippen LogP contribution in [0.2, 0.25) is 0 Å². The Kier molecular flexibility index (Phi) is 4.01. The van der Waals surface area contributed by atoms with Crippen molar-refractivity contribution in [3.63, 3.8) is 0 Å². The van der Waals surface area contributed by atoms with Gasteiger partial charge < -0.3 is 15.2 Å². The molecule has 5 heteroatoms. The third kappa shape index (κ3) is 2.81. The first-order valence-electron chi connectivity index (χ1n) is 8.49. The molecule has 2 aliphatic rings. The van der Waals surface area contributed by atoms with Crippen LogP contribution >= 0.6 is 0 Å². The zero-order chi connectivity index (χ0) is 17.4. The first-order valence-corrected chi connectivity index (χ1v) is 8.49. The van der Waals surface area contributed by atoms with E-state index in [1.807, 2.05) is 54.6 Å². The van der Waals surface area contributed by atoms with Gasteiger partial charge in [0.05, 0.1) is 24.0 Å². The van der Waals surface area contributed by atoms with Gasteiger partial charge in [0.2, 0.25) is 5.91 Å². The van der Waals surface area contributed by atoms with E-state index >= 15 is 0 Å². The van der Waals surface area contributed by atoms with Gasteiger partial charge in [-0.15, -0.1) is 0 Å². The lowest BCUT2D eigenvalue weighted by atomic mass is 9.78. The lowest BCUT2D eigenvalue weighted by molar-refractivity contribution is -0.147. The van der Waals surface area contributed by atoms with Crippen LogP contribution in [0.4, 0.5) is 5.69 Å². The van der Waals surface area contributed by atoms with Gasteiger partial charge in [0.15, 0.2) is 0 Å². The molecular weight excluding hydrogens is 318 g/mol. The zero-order valence-electron chi connectivity index (χ0n) is 13.6. The standard InChI is InChI=1S/C20H19NO4/c22-19(17-15-10-11-16(25-15)18(17)20(23)24)21-14-9-5-4-8-13(14)12-6-2-1-3-7-12/h1-9,15-18H,10-11H2,(H,21,22)(H,23,24)/t15-,16+,17+,18-/m0/s1. The summed E-state index contributed by atoms with van der Waals surface area (Å²) in [4.78, 5) is 24.4. The number of carbonyl (C=O) groups excluding carboxylic acids is 1. The highest BCUT2D eigenvalue weighted by Crippen LogP contribution is 2.44. The summed E-state index contributed by atoms with van der Waals surface area (Å²) in [6.45, 7) is 0. The molecule has 0 aromatic heterocycles. The van der Waals surface area contributed by atoms with Gasteiger partial charge in [0.1, 0.15) is 0 Å². The Bertz CT molecular complexity index is 804. The molecule has 4 atom stereocenters. The van der Waals surface area contributed by atoms with Crippen molar-refractivity contribution < 1.29 is 19.4 Å². The van der Waals surface area contributed by atoms with Crippen molar-refractivity contribution in [1.82, 2.24) is 0 Å². The molecule has 25 heavy (non-hydrogen) atoms. The number of carbonyl (C=O) groups is 2. The van der Waals surface area contributed by atoms with Gasteiger partial charge in [0, 0.05) is 11.3 Å². The SMILES string of the molecule is O=C(O)[C@@H]1[C@H](C(=O)Nc2ccccc2-c2ccccc2)[C@@H]2CC[C@H]1O2. The largest absolute Gasteiger partial charge is 0.481 e. The van der Waals surface area contributed by atoms with Crippen LogP contribution in [-0.4, -0.2) is 29.2 Å². The highest BCUT2D eigenvalue weighted by Gasteiger charge is 2.55. The third-order valence-electron chi connectivity index (χ3n) is 5.13. The third-order valence-corrected chi connectivity index (χ3v) is 5.13. The number of fused-ring (bicyclic) bond motifs is 2. The maximum Gasteiger partial charge on any atom is 0.310 e. The average molecular weight is 337 g/mol. The molecule has 1 amide bonds. The fraction of sp³-hybridized carbons (Fsp3) is 0.300. The molecule has 5 nitrogen and oxygen atoms in total. The Labute approximate surface area is 145 Å². The minimum absolute atomic E-state index is 0.275. The summed E-state index contributed by atoms with van der Waals surface area (Å²) in [5, 5.41) is 12.4. The first kappa shape index (κ1) is 15.8. The topological polar surface area (TPSA) is 75.6 Å². The number of nitrogens with one attached hydrogen (secondary N) is 1. The van der Waals surface area contributed by atoms with Gasteiger partial charge >= 0.3 is 5.97 Å². The van der Waals surface area contributed by atoms with Gasteiger partial charge in [-0.25, -0.2) is 0 Å². The van der Waals surface area contributed by atoms with Crippen LogP contribution in [0.25, 0.3) is 11.1 Å². The Morgan fingerprint density at radius 3 is 2.28 bits per heavy atom. The van der Waals surface area contributed by atoms with Crippen LogP contribution in [-0.2, 0) is 14.3 Å². The van der Waals surface area contributed by atoms with E-state index in [1.165, 1.54) is 0 Å². The number of amides is 1. The lowest BCUT2D eigenvalue weighted by Gasteiger charge is -2.24. The number of para-hydroxylation sites is 1. The minimum atomic E-state index is -0.955. The average Bonchev–Trinajstić information content (AvgIpc) is 3.24. The fourth-order valence-corrected chi connectivity index (χ4v) is 4.00. The van der Waals surface area contributed by atoms with Gasteiger partial charge in [0.25, 0.3) is 0 Å². The molecule has 2 aromatic rings. The number of hydrogen-bond donors (Lipinski definition) is 2. The Morgan fingerprint density at radius 2 is 1.56 bits per heavy atom. The predicted molar refractivity (Wildman–Crippen MR) is 93.0 cm³/mol. The predicted octanol–water partition coefficient (Wildman–Crippen LogP) is 3.17. The molecule has 2 aromatic carbocycles. The van der Waals surface area contributed by atoms with Crippen molar-refractivity contribution in [3.05, 3.63) is 54.6 Å². The van der Waals surface area contributed by atoms with Crippen molar-refractivity contribution >= 4 is 17.6 Å². The van der Waals surface area contributed by atoms with Crippen LogP contribution in [0.5, 0.6) is 0 Å². The number of rotatable bonds is 4. The minimum Gasteiger partial charge on any atom is -0.481 e. The molecule has 0 unspecified atom stereocenters. The first-order chi connectivity index (χ1) is 12.1. The lowest BCUT2D eigenvalue weighted by Crippen LogP contribution is -2.41. The molecule has 2 N–H and O–H groups in total. The zero-order valence-corrected chi connectivity index (χ0v) is 13.6. The highest BCUT2D eigenvalue weighted by atomic mass is 16.5. The molecule has 2 fully saturated rings. The molecule has 0 spiro atoms. The van der Waals surface area contributed by atoms with E-state index < -0.39 is 17.8 Å². The molecule has 2 aliphatic heterocycles. The summed E-state index contributed by atoms with van der Waals surface area (Å²) in [5.41, 5.74) is 2.59. The van der Waals surface area contributed by atoms with Crippen molar-refractivity contribution in [3.8, 4) is 11.1 Å². The number of aliphatic carboxylic acids is 1. The van der Waals surface area contributed by atoms with Crippen molar-refractivity contribution in [2.75, 3.05) is 5.32 Å². The van der Waals surface area contributed by atoms with Crippen LogP contribution in [0, 0.1) is 11.8 Å². The van der Waals surface area contributed by atoms with Gasteiger partial charge in [-0.05, 0) is 24.5 Å². The second kappa shape index (κ2) is 6.33. The molecule has 0 aliphatic carbocycles. The van der Waals surface area contributed by atoms with Crippen LogP contribution in [0.3, 0.4) is 0 Å². The highest BCUT2D eigenvalue weighted by molar-refractivity contribution is 5.99. The van der Waals surface area contributed by atoms with E-state index in [-0.39, 0.29) is 18.1 Å². The summed E-state index contributed by atoms with van der Waals surface area (Å²) >= 11 is 0. The summed E-state index contributed by atoms with van der Waals surface area (Å²) in [5.74, 6) is -2.63. The number of ether oxygens (including phenoxy) is 1. The number of carboxylic acid groups (broad SMARTS) is 1. The van der Waals surface area contributed by atoms with E-state index in [1.54, 1.807) is 0 Å². The molecule has 4 rings (SSSR count). The number of benzene rings is 2. The van der Waals surface area contributed by atoms with Crippen LogP contribution in [0.15, 0.2) is 54.6 Å². The van der Waals surface area contributed by atoms with Crippen molar-refractivity contribution in [2.24, 2.45) is 11.8 Å². The van der Waals surface area contributed by atoms with E-state index in [4.69, 9.17) is 4.74 Å². The number of anilines is 1. The van der Waals surface area contributed by atoms with E-state index in [0.29, 0.717) is 12.1 Å². The molecular formula is C20H19NO4. The second-order valence-electron chi connectivity index (χ2n) is 6.58. The smallest absolute Gasteiger partial charge is 0.310 e. The normalized spacial score (nSPS) is 27.2. The van der Waals surface area contributed by atoms with Crippen molar-refractivity contribution in [2.45, 2.75) is 25.0 Å². The molecule has 0 saturated carbocycles. The van der Waals surface area contributed by atoms with E-state index in [0.717, 1.165) is 17.5 Å². The Balaban J connectivity index is 1.61. The summed E-state index contributed by atoms with van der Waals surface area (Å²) in [6, 6.07) is 17.3. The van der Waals surface area contributed by atoms with Gasteiger partial charge in [-0.2, -0.15) is 0 Å². The molecule has 2 saturated heterocycles. The molecule has 2 heterocycles. The summed E-state index contributed by atoms with van der Waals surface area (Å²) < 4.78 is 5.69. The van der Waals surface area contributed by atoms with E-state index in [2.05, 4.69) is 5.32 Å². The second-order valence-corrected chi connectivity index (χ2v) is 6.58. The maximum absolute atomic E-state index is 12.8. The van der Waals surface area contributed by atoms with Crippen molar-refractivity contribution in [1.29, 1.82) is 0 Å². The monoisotopic (exact) mass is 337 g/mol. The molecule has 2 bridgehead atoms. The quantitative estimate of drug-likeness (QED) is 0.898. The van der Waals surface area contributed by atoms with Gasteiger partial charge in [-0.3, -0.25) is 9.59 Å². The fourth-order valence-electron chi connectivity index (χ4n) is 4.00. The van der Waals surface area contributed by atoms with Crippen LogP contribution < -0.4 is 5.32 Å². The number of hydrogen-bond acceptors (Lipinski definition) is 3. The summed E-state index contributed by atoms with van der Waals surface area (Å²) in [7, 11) is 0. The Morgan fingerprint density at radius 1 is 0.920 bits per heavy atom. The Hall–Kier alpha value is -2.66. The summed E-state index contributed by atoms with van der Waals surface area (Å²) in [6.07, 6.45) is 0.816. The molecule has 128 valence electrons.